The third-order valence-electron chi connectivity index (χ3n) is 5.92. The van der Waals surface area contributed by atoms with Crippen molar-refractivity contribution in [3.05, 3.63) is 35.4 Å². The van der Waals surface area contributed by atoms with Crippen molar-refractivity contribution in [3.8, 4) is 0 Å². The van der Waals surface area contributed by atoms with Crippen molar-refractivity contribution in [1.29, 1.82) is 0 Å². The lowest BCUT2D eigenvalue weighted by atomic mass is 9.70. The van der Waals surface area contributed by atoms with Crippen LogP contribution in [0.15, 0.2) is 23.4 Å². The van der Waals surface area contributed by atoms with Gasteiger partial charge >= 0.3 is 5.97 Å². The van der Waals surface area contributed by atoms with Crippen LogP contribution in [0.3, 0.4) is 0 Å². The zero-order valence-electron chi connectivity index (χ0n) is 13.0. The van der Waals surface area contributed by atoms with Gasteiger partial charge in [0.2, 0.25) is 0 Å². The van der Waals surface area contributed by atoms with Gasteiger partial charge in [-0.1, -0.05) is 32.0 Å². The van der Waals surface area contributed by atoms with Crippen LogP contribution < -0.4 is 0 Å². The molecule has 0 N–H and O–H groups in total. The van der Waals surface area contributed by atoms with Gasteiger partial charge in [-0.15, -0.1) is 0 Å². The van der Waals surface area contributed by atoms with E-state index in [0.29, 0.717) is 5.92 Å². The summed E-state index contributed by atoms with van der Waals surface area (Å²) in [6, 6.07) is 3.25. The van der Waals surface area contributed by atoms with E-state index < -0.39 is 23.2 Å². The molecule has 0 heterocycles. The topological polar surface area (TPSA) is 38.7 Å². The lowest BCUT2D eigenvalue weighted by molar-refractivity contribution is 0.0497. The Hall–Kier alpha value is -1.78. The van der Waals surface area contributed by atoms with Crippen molar-refractivity contribution in [1.82, 2.24) is 0 Å². The molecule has 2 aliphatic carbocycles. The fraction of sp³-hybridized carbons (Fsp3) is 0.529. The van der Waals surface area contributed by atoms with Crippen LogP contribution in [0.2, 0.25) is 0 Å². The van der Waals surface area contributed by atoms with Crippen LogP contribution in [0.25, 0.3) is 0 Å². The molecule has 0 unspecified atom stereocenters. The fourth-order valence-electron chi connectivity index (χ4n) is 3.90. The molecule has 0 spiro atoms. The minimum atomic E-state index is -1.09. The Kier molecular flexibility index (Phi) is 3.34. The first-order chi connectivity index (χ1) is 10.3. The van der Waals surface area contributed by atoms with E-state index in [1.165, 1.54) is 6.07 Å². The maximum Gasteiger partial charge on any atom is 0.371 e. The van der Waals surface area contributed by atoms with E-state index in [0.717, 1.165) is 37.1 Å². The molecule has 22 heavy (non-hydrogen) atoms. The van der Waals surface area contributed by atoms with Gasteiger partial charge in [-0.05, 0) is 42.7 Å². The van der Waals surface area contributed by atoms with Crippen LogP contribution in [0.4, 0.5) is 8.78 Å². The SMILES string of the molecule is CC1(C)[C@H]2CC[C@@]1(C)/C(=N\OC(=O)c1c(F)cccc1F)C2. The average molecular weight is 307 g/mol. The highest BCUT2D eigenvalue weighted by Gasteiger charge is 2.60. The zero-order valence-corrected chi connectivity index (χ0v) is 13.0. The Morgan fingerprint density at radius 2 is 1.91 bits per heavy atom. The van der Waals surface area contributed by atoms with E-state index in [9.17, 15) is 13.6 Å². The summed E-state index contributed by atoms with van der Waals surface area (Å²) < 4.78 is 27.1. The maximum absolute atomic E-state index is 13.6. The summed E-state index contributed by atoms with van der Waals surface area (Å²) in [7, 11) is 0. The molecule has 0 amide bonds. The van der Waals surface area contributed by atoms with E-state index in [-0.39, 0.29) is 10.8 Å². The van der Waals surface area contributed by atoms with Crippen molar-refractivity contribution in [2.24, 2.45) is 21.9 Å². The summed E-state index contributed by atoms with van der Waals surface area (Å²) in [6.45, 7) is 6.52. The number of carbonyl (C=O) groups excluding carboxylic acids is 1. The number of oxime groups is 1. The molecule has 0 aromatic heterocycles. The minimum Gasteiger partial charge on any atom is -0.313 e. The molecule has 1 aromatic rings. The smallest absolute Gasteiger partial charge is 0.313 e. The first kappa shape index (κ1) is 15.1. The van der Waals surface area contributed by atoms with E-state index >= 15 is 0 Å². The normalized spacial score (nSPS) is 30.8. The van der Waals surface area contributed by atoms with Gasteiger partial charge in [0.25, 0.3) is 0 Å². The van der Waals surface area contributed by atoms with Gasteiger partial charge in [0.15, 0.2) is 0 Å². The van der Waals surface area contributed by atoms with E-state index in [1.807, 2.05) is 0 Å². The molecule has 2 bridgehead atoms. The molecule has 1 aromatic carbocycles. The molecular weight excluding hydrogens is 288 g/mol. The van der Waals surface area contributed by atoms with Gasteiger partial charge in [0.1, 0.15) is 17.2 Å². The number of rotatable bonds is 2. The molecule has 2 aliphatic rings. The first-order valence-electron chi connectivity index (χ1n) is 7.50. The van der Waals surface area contributed by atoms with Crippen LogP contribution in [0.5, 0.6) is 0 Å². The lowest BCUT2D eigenvalue weighted by Crippen LogP contribution is -2.32. The van der Waals surface area contributed by atoms with Crippen molar-refractivity contribution in [3.63, 3.8) is 0 Å². The number of carbonyl (C=O) groups is 1. The highest BCUT2D eigenvalue weighted by Crippen LogP contribution is 2.63. The molecule has 0 saturated heterocycles. The molecule has 2 atom stereocenters. The number of fused-ring (bicyclic) bond motifs is 2. The molecule has 118 valence electrons. The first-order valence-corrected chi connectivity index (χ1v) is 7.50. The summed E-state index contributed by atoms with van der Waals surface area (Å²) in [5.41, 5.74) is 0.103. The summed E-state index contributed by atoms with van der Waals surface area (Å²) in [5.74, 6) is -2.46. The van der Waals surface area contributed by atoms with E-state index in [1.54, 1.807) is 0 Å². The second kappa shape index (κ2) is 4.86. The number of hydrogen-bond acceptors (Lipinski definition) is 3. The third-order valence-corrected chi connectivity index (χ3v) is 5.92. The van der Waals surface area contributed by atoms with Crippen molar-refractivity contribution >= 4 is 11.7 Å². The van der Waals surface area contributed by atoms with Crippen molar-refractivity contribution in [2.45, 2.75) is 40.0 Å². The summed E-state index contributed by atoms with van der Waals surface area (Å²) in [6.07, 6.45) is 2.91. The zero-order chi connectivity index (χ0) is 16.1. The Labute approximate surface area is 128 Å². The second-order valence-electron chi connectivity index (χ2n) is 7.01. The largest absolute Gasteiger partial charge is 0.371 e. The molecule has 3 rings (SSSR count). The molecular formula is C17H19F2NO2. The maximum atomic E-state index is 13.6. The lowest BCUT2D eigenvalue weighted by Gasteiger charge is -2.34. The molecule has 5 heteroatoms. The summed E-state index contributed by atoms with van der Waals surface area (Å²) in [4.78, 5) is 16.8. The predicted octanol–water partition coefficient (Wildman–Crippen LogP) is 4.32. The van der Waals surface area contributed by atoms with Gasteiger partial charge in [-0.3, -0.25) is 0 Å². The van der Waals surface area contributed by atoms with Gasteiger partial charge in [0, 0.05) is 5.41 Å². The van der Waals surface area contributed by atoms with Crippen molar-refractivity contribution < 1.29 is 18.4 Å². The molecule has 0 aliphatic heterocycles. The molecule has 3 nitrogen and oxygen atoms in total. The van der Waals surface area contributed by atoms with Crippen LogP contribution in [-0.4, -0.2) is 11.7 Å². The standard InChI is InChI=1S/C17H19F2NO2/c1-16(2)10-7-8-17(16,3)13(9-10)20-22-15(21)14-11(18)5-4-6-12(14)19/h4-6,10H,7-9H2,1-3H3/b20-13-/t10-,17-/m0/s1. The molecule has 0 radical (unpaired) electrons. The summed E-state index contributed by atoms with van der Waals surface area (Å²) in [5, 5.41) is 3.97. The summed E-state index contributed by atoms with van der Waals surface area (Å²) >= 11 is 0. The van der Waals surface area contributed by atoms with Gasteiger partial charge < -0.3 is 4.84 Å². The van der Waals surface area contributed by atoms with E-state index in [2.05, 4.69) is 25.9 Å². The average Bonchev–Trinajstić information content (AvgIpc) is 2.77. The van der Waals surface area contributed by atoms with Crippen LogP contribution in [-0.2, 0) is 4.84 Å². The molecule has 2 fully saturated rings. The second-order valence-corrected chi connectivity index (χ2v) is 7.01. The van der Waals surface area contributed by atoms with Gasteiger partial charge in [-0.25, -0.2) is 13.6 Å². The van der Waals surface area contributed by atoms with Crippen LogP contribution in [0, 0.1) is 28.4 Å². The van der Waals surface area contributed by atoms with Gasteiger partial charge in [-0.2, -0.15) is 0 Å². The monoisotopic (exact) mass is 307 g/mol. The number of hydrogen-bond donors (Lipinski definition) is 0. The quantitative estimate of drug-likeness (QED) is 0.603. The number of halogens is 2. The Morgan fingerprint density at radius 1 is 1.27 bits per heavy atom. The number of benzene rings is 1. The van der Waals surface area contributed by atoms with E-state index in [4.69, 9.17) is 4.84 Å². The Bertz CT molecular complexity index is 648. The highest BCUT2D eigenvalue weighted by atomic mass is 19.1. The third kappa shape index (κ3) is 1.98. The Balaban J connectivity index is 1.83. The van der Waals surface area contributed by atoms with Gasteiger partial charge in [0.05, 0.1) is 5.71 Å². The Morgan fingerprint density at radius 3 is 2.41 bits per heavy atom. The van der Waals surface area contributed by atoms with Crippen LogP contribution in [0.1, 0.15) is 50.4 Å². The minimum absolute atomic E-state index is 0.0987. The number of nitrogens with zero attached hydrogens (tertiary/aromatic N) is 1. The highest BCUT2D eigenvalue weighted by molar-refractivity contribution is 5.95. The van der Waals surface area contributed by atoms with Crippen molar-refractivity contribution in [2.75, 3.05) is 0 Å². The molecule has 2 saturated carbocycles. The predicted molar refractivity (Wildman–Crippen MR) is 78.4 cm³/mol. The fourth-order valence-corrected chi connectivity index (χ4v) is 3.90. The van der Waals surface area contributed by atoms with Crippen LogP contribution >= 0.6 is 0 Å².